The van der Waals surface area contributed by atoms with Crippen molar-refractivity contribution in [1.82, 2.24) is 0 Å². The second-order valence-electron chi connectivity index (χ2n) is 18.1. The molecule has 0 aromatic rings. The van der Waals surface area contributed by atoms with Gasteiger partial charge >= 0.3 is 17.9 Å². The van der Waals surface area contributed by atoms with Gasteiger partial charge in [0.15, 0.2) is 6.10 Å². The van der Waals surface area contributed by atoms with Crippen molar-refractivity contribution in [3.8, 4) is 0 Å². The van der Waals surface area contributed by atoms with Crippen molar-refractivity contribution < 1.29 is 28.6 Å². The summed E-state index contributed by atoms with van der Waals surface area (Å²) in [7, 11) is 0. The van der Waals surface area contributed by atoms with Crippen LogP contribution in [-0.4, -0.2) is 37.2 Å². The second kappa shape index (κ2) is 54.9. The number of allylic oxidation sites excluding steroid dienone is 16. The van der Waals surface area contributed by atoms with Gasteiger partial charge in [-0.05, 0) is 103 Å². The molecule has 0 aromatic carbocycles. The van der Waals surface area contributed by atoms with Crippen LogP contribution in [0.25, 0.3) is 0 Å². The van der Waals surface area contributed by atoms with Gasteiger partial charge in [0.25, 0.3) is 0 Å². The maximum absolute atomic E-state index is 12.8. The molecule has 6 heteroatoms. The lowest BCUT2D eigenvalue weighted by molar-refractivity contribution is -0.167. The fourth-order valence-corrected chi connectivity index (χ4v) is 7.42. The van der Waals surface area contributed by atoms with Crippen molar-refractivity contribution in [1.29, 1.82) is 0 Å². The number of rotatable bonds is 49. The molecule has 0 aliphatic rings. The summed E-state index contributed by atoms with van der Waals surface area (Å²) >= 11 is 0. The molecule has 382 valence electrons. The van der Waals surface area contributed by atoms with Crippen LogP contribution in [0.1, 0.15) is 252 Å². The normalized spacial score (nSPS) is 12.8. The average molecular weight is 931 g/mol. The molecule has 1 atom stereocenters. The maximum atomic E-state index is 12.8. The highest BCUT2D eigenvalue weighted by molar-refractivity contribution is 5.71. The van der Waals surface area contributed by atoms with Gasteiger partial charge in [0.1, 0.15) is 13.2 Å². The molecule has 0 amide bonds. The van der Waals surface area contributed by atoms with Crippen molar-refractivity contribution in [3.05, 3.63) is 97.2 Å². The standard InChI is InChI=1S/C61H102O6/c1-4-7-10-13-16-19-22-25-27-29-30-32-34-37-39-42-45-48-51-54-60(63)66-57-58(67-61(64)55-52-49-46-43-40-35-24-21-18-15-12-9-6-3)56-65-59(62)53-50-47-44-41-38-36-33-31-28-26-23-20-17-14-11-8-5-2/h7,10,16-17,19-20,25-28,30,32-33,36-37,39,58H,4-6,8-9,11-15,18,21-24,29,31,34-35,38,40-57H2,1-3H3/b10-7-,19-16-,20-17-,27-25-,28-26-,32-30-,36-33-,39-37-/t58-/m0/s1. The fraction of sp³-hybridized carbons (Fsp3) is 0.689. The third-order valence-electron chi connectivity index (χ3n) is 11.6. The van der Waals surface area contributed by atoms with Gasteiger partial charge in [-0.25, -0.2) is 0 Å². The summed E-state index contributed by atoms with van der Waals surface area (Å²) in [6, 6.07) is 0. The second-order valence-corrected chi connectivity index (χ2v) is 18.1. The smallest absolute Gasteiger partial charge is 0.306 e. The van der Waals surface area contributed by atoms with Crippen LogP contribution in [0.2, 0.25) is 0 Å². The number of ether oxygens (including phenoxy) is 3. The highest BCUT2D eigenvalue weighted by Crippen LogP contribution is 2.15. The molecule has 0 aromatic heterocycles. The Hall–Kier alpha value is -3.67. The third-order valence-corrected chi connectivity index (χ3v) is 11.6. The topological polar surface area (TPSA) is 78.9 Å². The van der Waals surface area contributed by atoms with E-state index in [-0.39, 0.29) is 31.1 Å². The molecule has 6 nitrogen and oxygen atoms in total. The first-order valence-electron chi connectivity index (χ1n) is 27.7. The molecular formula is C61H102O6. The number of carbonyl (C=O) groups excluding carboxylic acids is 3. The van der Waals surface area contributed by atoms with Crippen LogP contribution in [0.4, 0.5) is 0 Å². The summed E-state index contributed by atoms with van der Waals surface area (Å²) in [5, 5.41) is 0. The lowest BCUT2D eigenvalue weighted by atomic mass is 10.0. The van der Waals surface area contributed by atoms with Crippen LogP contribution in [0.15, 0.2) is 97.2 Å². The van der Waals surface area contributed by atoms with E-state index < -0.39 is 6.10 Å². The molecule has 67 heavy (non-hydrogen) atoms. The summed E-state index contributed by atoms with van der Waals surface area (Å²) in [4.78, 5) is 38.1. The van der Waals surface area contributed by atoms with E-state index in [9.17, 15) is 14.4 Å². The molecule has 0 N–H and O–H groups in total. The zero-order chi connectivity index (χ0) is 48.6. The Balaban J connectivity index is 4.47. The molecule has 0 aliphatic heterocycles. The van der Waals surface area contributed by atoms with Gasteiger partial charge in [0, 0.05) is 19.3 Å². The maximum Gasteiger partial charge on any atom is 0.306 e. The van der Waals surface area contributed by atoms with Crippen LogP contribution in [-0.2, 0) is 28.6 Å². The fourth-order valence-electron chi connectivity index (χ4n) is 7.42. The Kier molecular flexibility index (Phi) is 51.9. The third kappa shape index (κ3) is 53.2. The highest BCUT2D eigenvalue weighted by atomic mass is 16.6. The Morgan fingerprint density at radius 3 is 0.955 bits per heavy atom. The molecule has 0 unspecified atom stereocenters. The largest absolute Gasteiger partial charge is 0.462 e. The summed E-state index contributed by atoms with van der Waals surface area (Å²) in [6.45, 7) is 6.45. The number of unbranched alkanes of at least 4 members (excludes halogenated alkanes) is 22. The van der Waals surface area contributed by atoms with Crippen LogP contribution in [0.5, 0.6) is 0 Å². The van der Waals surface area contributed by atoms with Crippen LogP contribution >= 0.6 is 0 Å². The Morgan fingerprint density at radius 2 is 0.582 bits per heavy atom. The molecule has 0 radical (unpaired) electrons. The van der Waals surface area contributed by atoms with E-state index in [0.29, 0.717) is 19.3 Å². The molecule has 0 heterocycles. The molecule has 0 spiro atoms. The predicted octanol–water partition coefficient (Wildman–Crippen LogP) is 18.5. The van der Waals surface area contributed by atoms with Crippen LogP contribution in [0, 0.1) is 0 Å². The minimum atomic E-state index is -0.800. The van der Waals surface area contributed by atoms with Crippen molar-refractivity contribution in [3.63, 3.8) is 0 Å². The van der Waals surface area contributed by atoms with Crippen molar-refractivity contribution in [2.75, 3.05) is 13.2 Å². The molecule has 0 fully saturated rings. The number of carbonyl (C=O) groups is 3. The number of esters is 3. The van der Waals surface area contributed by atoms with Crippen LogP contribution < -0.4 is 0 Å². The SMILES string of the molecule is CC/C=C\C/C=C\C/C=C\C/C=C\C/C=C\CCCCCC(=O)OC[C@H](COC(=O)CCCCCC/C=C\C/C=C\C/C=C\CCCCC)OC(=O)CCCCCCCCCCCCCCC. The summed E-state index contributed by atoms with van der Waals surface area (Å²) < 4.78 is 16.8. The van der Waals surface area contributed by atoms with E-state index in [0.717, 1.165) is 122 Å². The van der Waals surface area contributed by atoms with Crippen molar-refractivity contribution in [2.24, 2.45) is 0 Å². The Labute approximate surface area is 413 Å². The van der Waals surface area contributed by atoms with Gasteiger partial charge in [-0.3, -0.25) is 14.4 Å². The van der Waals surface area contributed by atoms with E-state index in [2.05, 4.69) is 118 Å². The lowest BCUT2D eigenvalue weighted by Crippen LogP contribution is -2.30. The van der Waals surface area contributed by atoms with Gasteiger partial charge in [-0.15, -0.1) is 0 Å². The zero-order valence-corrected chi connectivity index (χ0v) is 43.6. The first-order valence-corrected chi connectivity index (χ1v) is 27.7. The minimum Gasteiger partial charge on any atom is -0.462 e. The quantitative estimate of drug-likeness (QED) is 0.0262. The summed E-state index contributed by atoms with van der Waals surface area (Å²) in [5.74, 6) is -0.949. The molecule has 0 rings (SSSR count). The molecule has 0 saturated carbocycles. The molecule has 0 aliphatic carbocycles. The van der Waals surface area contributed by atoms with Crippen molar-refractivity contribution in [2.45, 2.75) is 258 Å². The Morgan fingerprint density at radius 1 is 0.313 bits per heavy atom. The average Bonchev–Trinajstić information content (AvgIpc) is 3.33. The molecule has 0 bridgehead atoms. The number of hydrogen-bond acceptors (Lipinski definition) is 6. The Bertz CT molecular complexity index is 1350. The zero-order valence-electron chi connectivity index (χ0n) is 43.6. The summed E-state index contributed by atoms with van der Waals surface area (Å²) in [5.41, 5.74) is 0. The van der Waals surface area contributed by atoms with Gasteiger partial charge < -0.3 is 14.2 Å². The minimum absolute atomic E-state index is 0.0990. The number of hydrogen-bond donors (Lipinski definition) is 0. The van der Waals surface area contributed by atoms with E-state index in [1.165, 1.54) is 89.9 Å². The lowest BCUT2D eigenvalue weighted by Gasteiger charge is -2.18. The highest BCUT2D eigenvalue weighted by Gasteiger charge is 2.19. The van der Waals surface area contributed by atoms with E-state index >= 15 is 0 Å². The van der Waals surface area contributed by atoms with Gasteiger partial charge in [0.2, 0.25) is 0 Å². The molecular weight excluding hydrogens is 829 g/mol. The van der Waals surface area contributed by atoms with Crippen LogP contribution in [0.3, 0.4) is 0 Å². The van der Waals surface area contributed by atoms with Gasteiger partial charge in [-0.2, -0.15) is 0 Å². The van der Waals surface area contributed by atoms with E-state index in [1.54, 1.807) is 0 Å². The van der Waals surface area contributed by atoms with E-state index in [4.69, 9.17) is 14.2 Å². The molecule has 0 saturated heterocycles. The van der Waals surface area contributed by atoms with Gasteiger partial charge in [0.05, 0.1) is 0 Å². The first kappa shape index (κ1) is 63.3. The van der Waals surface area contributed by atoms with Crippen molar-refractivity contribution >= 4 is 17.9 Å². The van der Waals surface area contributed by atoms with E-state index in [1.807, 2.05) is 0 Å². The monoisotopic (exact) mass is 931 g/mol. The first-order chi connectivity index (χ1) is 33.0. The predicted molar refractivity (Wildman–Crippen MR) is 288 cm³/mol. The van der Waals surface area contributed by atoms with Gasteiger partial charge in [-0.1, -0.05) is 227 Å². The summed E-state index contributed by atoms with van der Waals surface area (Å²) in [6.07, 6.45) is 72.4.